The third-order valence-corrected chi connectivity index (χ3v) is 3.03. The second kappa shape index (κ2) is 8.00. The zero-order chi connectivity index (χ0) is 17.5. The Morgan fingerprint density at radius 1 is 1.25 bits per heavy atom. The summed E-state index contributed by atoms with van der Waals surface area (Å²) in [4.78, 5) is 18.0. The van der Waals surface area contributed by atoms with E-state index in [0.29, 0.717) is 29.5 Å². The maximum atomic E-state index is 11.4. The van der Waals surface area contributed by atoms with Crippen LogP contribution in [0.3, 0.4) is 0 Å². The summed E-state index contributed by atoms with van der Waals surface area (Å²) in [5, 5.41) is 4.06. The highest BCUT2D eigenvalue weighted by molar-refractivity contribution is 5.82. The van der Waals surface area contributed by atoms with Gasteiger partial charge in [-0.05, 0) is 26.0 Å². The van der Waals surface area contributed by atoms with E-state index < -0.39 is 0 Å². The van der Waals surface area contributed by atoms with E-state index in [9.17, 15) is 4.79 Å². The summed E-state index contributed by atoms with van der Waals surface area (Å²) in [5.41, 5.74) is 3.76. The maximum absolute atomic E-state index is 11.4. The smallest absolute Gasteiger partial charge is 0.252 e. The minimum Gasteiger partial charge on any atom is -0.493 e. The zero-order valence-corrected chi connectivity index (χ0v) is 14.0. The molecule has 0 fully saturated rings. The lowest BCUT2D eigenvalue weighted by Crippen LogP contribution is -2.10. The van der Waals surface area contributed by atoms with E-state index >= 15 is 0 Å². The summed E-state index contributed by atoms with van der Waals surface area (Å²) in [7, 11) is 3.11. The van der Waals surface area contributed by atoms with Crippen molar-refractivity contribution >= 4 is 12.2 Å². The fourth-order valence-electron chi connectivity index (χ4n) is 2.06. The Morgan fingerprint density at radius 2 is 1.92 bits per heavy atom. The van der Waals surface area contributed by atoms with Gasteiger partial charge < -0.3 is 14.2 Å². The molecule has 0 aliphatic carbocycles. The molecular formula is C16H20N4O4. The Balaban J connectivity index is 2.23. The molecule has 8 nitrogen and oxygen atoms in total. The van der Waals surface area contributed by atoms with Gasteiger partial charge in [0.05, 0.1) is 27.0 Å². The number of methoxy groups -OCH3 is 2. The molecule has 2 rings (SSSR count). The fraction of sp³-hybridized carbons (Fsp3) is 0.312. The molecule has 8 heteroatoms. The van der Waals surface area contributed by atoms with E-state index in [0.717, 1.165) is 5.56 Å². The van der Waals surface area contributed by atoms with Gasteiger partial charge in [-0.25, -0.2) is 10.4 Å². The van der Waals surface area contributed by atoms with E-state index in [2.05, 4.69) is 20.5 Å². The van der Waals surface area contributed by atoms with E-state index in [4.69, 9.17) is 14.2 Å². The number of benzene rings is 1. The summed E-state index contributed by atoms with van der Waals surface area (Å²) in [6.45, 7) is 4.11. The predicted octanol–water partition coefficient (Wildman–Crippen LogP) is 1.94. The number of hydrogen-bond donors (Lipinski definition) is 2. The molecule has 1 aromatic carbocycles. The van der Waals surface area contributed by atoms with Crippen LogP contribution in [-0.2, 0) is 0 Å². The third-order valence-electron chi connectivity index (χ3n) is 3.03. The Labute approximate surface area is 139 Å². The molecule has 0 aliphatic heterocycles. The highest BCUT2D eigenvalue weighted by atomic mass is 16.5. The zero-order valence-electron chi connectivity index (χ0n) is 14.0. The van der Waals surface area contributed by atoms with Gasteiger partial charge in [0, 0.05) is 17.3 Å². The molecule has 0 radical (unpaired) electrons. The predicted molar refractivity (Wildman–Crippen MR) is 91.5 cm³/mol. The van der Waals surface area contributed by atoms with Gasteiger partial charge in [-0.1, -0.05) is 0 Å². The molecule has 0 saturated heterocycles. The van der Waals surface area contributed by atoms with Crippen molar-refractivity contribution in [1.82, 2.24) is 9.97 Å². The van der Waals surface area contributed by atoms with Crippen molar-refractivity contribution in [1.29, 1.82) is 0 Å². The number of aromatic amines is 1. The topological polar surface area (TPSA) is 97.8 Å². The molecule has 0 amide bonds. The summed E-state index contributed by atoms with van der Waals surface area (Å²) < 4.78 is 16.2. The highest BCUT2D eigenvalue weighted by Gasteiger charge is 2.13. The van der Waals surface area contributed by atoms with Crippen LogP contribution in [0.5, 0.6) is 17.2 Å². The largest absolute Gasteiger partial charge is 0.493 e. The first kappa shape index (κ1) is 17.3. The molecule has 0 spiro atoms. The number of hydrogen-bond acceptors (Lipinski definition) is 7. The summed E-state index contributed by atoms with van der Waals surface area (Å²) in [6.07, 6.45) is 1.56. The van der Waals surface area contributed by atoms with Crippen LogP contribution >= 0.6 is 0 Å². The lowest BCUT2D eigenvalue weighted by atomic mass is 10.2. The normalized spacial score (nSPS) is 10.7. The molecule has 2 N–H and O–H groups in total. The van der Waals surface area contributed by atoms with Gasteiger partial charge in [0.2, 0.25) is 11.7 Å². The lowest BCUT2D eigenvalue weighted by molar-refractivity contribution is 0.288. The van der Waals surface area contributed by atoms with Crippen LogP contribution in [0.1, 0.15) is 18.2 Å². The van der Waals surface area contributed by atoms with Crippen LogP contribution in [0.25, 0.3) is 0 Å². The molecule has 0 bridgehead atoms. The van der Waals surface area contributed by atoms with Crippen LogP contribution < -0.4 is 25.2 Å². The standard InChI is InChI=1S/C16H20N4O4/c1-5-24-15-12(22-3)7-11(8-13(15)23-4)9-17-20-16-18-10(2)6-14(21)19-16/h6-9H,5H2,1-4H3,(H2,18,19,20,21)/b17-9-. The van der Waals surface area contributed by atoms with Crippen molar-refractivity contribution in [3.63, 3.8) is 0 Å². The Bertz CT molecular complexity index is 761. The fourth-order valence-corrected chi connectivity index (χ4v) is 2.06. The Hall–Kier alpha value is -3.03. The number of aryl methyl sites for hydroxylation is 1. The van der Waals surface area contributed by atoms with Crippen LogP contribution in [0.15, 0.2) is 28.1 Å². The first-order valence-electron chi connectivity index (χ1n) is 7.33. The van der Waals surface area contributed by atoms with Crippen molar-refractivity contribution in [3.05, 3.63) is 39.8 Å². The van der Waals surface area contributed by atoms with E-state index in [1.165, 1.54) is 6.07 Å². The number of aromatic nitrogens is 2. The molecule has 0 unspecified atom stereocenters. The van der Waals surface area contributed by atoms with Gasteiger partial charge in [0.1, 0.15) is 0 Å². The quantitative estimate of drug-likeness (QED) is 0.594. The van der Waals surface area contributed by atoms with Gasteiger partial charge in [-0.2, -0.15) is 5.10 Å². The second-order valence-electron chi connectivity index (χ2n) is 4.79. The molecule has 24 heavy (non-hydrogen) atoms. The number of H-pyrrole nitrogens is 1. The van der Waals surface area contributed by atoms with Crippen molar-refractivity contribution in [2.24, 2.45) is 5.10 Å². The number of ether oxygens (including phenoxy) is 3. The minimum absolute atomic E-state index is 0.246. The Kier molecular flexibility index (Phi) is 5.78. The van der Waals surface area contributed by atoms with E-state index in [-0.39, 0.29) is 11.5 Å². The number of nitrogens with zero attached hydrogens (tertiary/aromatic N) is 2. The van der Waals surface area contributed by atoms with Gasteiger partial charge in [0.15, 0.2) is 11.5 Å². The van der Waals surface area contributed by atoms with Crippen LogP contribution in [0.4, 0.5) is 5.95 Å². The first-order valence-corrected chi connectivity index (χ1v) is 7.33. The average molecular weight is 332 g/mol. The van der Waals surface area contributed by atoms with Crippen molar-refractivity contribution in [3.8, 4) is 17.2 Å². The van der Waals surface area contributed by atoms with Crippen molar-refractivity contribution in [2.75, 3.05) is 26.3 Å². The van der Waals surface area contributed by atoms with E-state index in [1.54, 1.807) is 39.5 Å². The van der Waals surface area contributed by atoms with Gasteiger partial charge >= 0.3 is 0 Å². The molecule has 0 aliphatic rings. The number of hydrazone groups is 1. The Morgan fingerprint density at radius 3 is 2.46 bits per heavy atom. The molecule has 2 aromatic rings. The molecule has 1 aromatic heterocycles. The summed E-state index contributed by atoms with van der Waals surface area (Å²) >= 11 is 0. The van der Waals surface area contributed by atoms with Crippen LogP contribution in [0, 0.1) is 6.92 Å². The number of anilines is 1. The average Bonchev–Trinajstić information content (AvgIpc) is 2.55. The van der Waals surface area contributed by atoms with Gasteiger partial charge in [-0.3, -0.25) is 9.78 Å². The molecule has 0 atom stereocenters. The van der Waals surface area contributed by atoms with E-state index in [1.807, 2.05) is 6.92 Å². The summed E-state index contributed by atoms with van der Waals surface area (Å²) in [5.74, 6) is 1.89. The maximum Gasteiger partial charge on any atom is 0.252 e. The molecular weight excluding hydrogens is 312 g/mol. The van der Waals surface area contributed by atoms with Crippen molar-refractivity contribution in [2.45, 2.75) is 13.8 Å². The monoisotopic (exact) mass is 332 g/mol. The molecule has 128 valence electrons. The van der Waals surface area contributed by atoms with Crippen LogP contribution in [-0.4, -0.2) is 37.0 Å². The summed E-state index contributed by atoms with van der Waals surface area (Å²) in [6, 6.07) is 4.94. The third kappa shape index (κ3) is 4.25. The van der Waals surface area contributed by atoms with Gasteiger partial charge in [0.25, 0.3) is 5.56 Å². The highest BCUT2D eigenvalue weighted by Crippen LogP contribution is 2.38. The SMILES string of the molecule is CCOc1c(OC)cc(/C=N\Nc2nc(C)cc(=O)[nH]2)cc1OC. The first-order chi connectivity index (χ1) is 11.6. The lowest BCUT2D eigenvalue weighted by Gasteiger charge is -2.14. The molecule has 1 heterocycles. The second-order valence-corrected chi connectivity index (χ2v) is 4.79. The molecule has 0 saturated carbocycles. The van der Waals surface area contributed by atoms with Crippen molar-refractivity contribution < 1.29 is 14.2 Å². The number of rotatable bonds is 7. The number of nitrogens with one attached hydrogen (secondary N) is 2. The van der Waals surface area contributed by atoms with Gasteiger partial charge in [-0.15, -0.1) is 0 Å². The minimum atomic E-state index is -0.246. The van der Waals surface area contributed by atoms with Crippen LogP contribution in [0.2, 0.25) is 0 Å².